The van der Waals surface area contributed by atoms with Crippen molar-refractivity contribution in [2.24, 2.45) is 0 Å². The van der Waals surface area contributed by atoms with Gasteiger partial charge in [-0.15, -0.1) is 11.3 Å². The zero-order chi connectivity index (χ0) is 24.3. The molecule has 3 aromatic rings. The van der Waals surface area contributed by atoms with E-state index >= 15 is 0 Å². The Kier molecular flexibility index (Phi) is 7.31. The SMILES string of the molecule is COc1cc(C(=O)O)ccc1NS(=O)(=O)c1csc(N2CCN(Sc3ccc(C)cc3)CC2)n1. The number of hydrogen-bond acceptors (Lipinski definition) is 9. The van der Waals surface area contributed by atoms with Crippen LogP contribution in [0.3, 0.4) is 0 Å². The fourth-order valence-corrected chi connectivity index (χ4v) is 6.46. The van der Waals surface area contributed by atoms with Crippen LogP contribution >= 0.6 is 23.3 Å². The minimum absolute atomic E-state index is 0.00423. The molecule has 180 valence electrons. The molecule has 1 aliphatic rings. The largest absolute Gasteiger partial charge is 0.495 e. The predicted octanol–water partition coefficient (Wildman–Crippen LogP) is 3.79. The van der Waals surface area contributed by atoms with Crippen molar-refractivity contribution in [3.8, 4) is 5.75 Å². The summed E-state index contributed by atoms with van der Waals surface area (Å²) in [4.78, 5) is 18.8. The fraction of sp³-hybridized carbons (Fsp3) is 0.273. The molecule has 12 heteroatoms. The molecule has 0 aliphatic carbocycles. The maximum absolute atomic E-state index is 12.9. The Balaban J connectivity index is 1.40. The molecule has 2 aromatic carbocycles. The second kappa shape index (κ2) is 10.2. The lowest BCUT2D eigenvalue weighted by molar-refractivity contribution is 0.0696. The first-order chi connectivity index (χ1) is 16.2. The van der Waals surface area contributed by atoms with Gasteiger partial charge in [-0.1, -0.05) is 17.7 Å². The summed E-state index contributed by atoms with van der Waals surface area (Å²) in [6, 6.07) is 12.4. The van der Waals surface area contributed by atoms with Gasteiger partial charge in [0.1, 0.15) is 5.75 Å². The summed E-state index contributed by atoms with van der Waals surface area (Å²) in [5.74, 6) is -1.02. The zero-order valence-electron chi connectivity index (χ0n) is 18.6. The van der Waals surface area contributed by atoms with Crippen molar-refractivity contribution in [3.05, 3.63) is 59.0 Å². The maximum atomic E-state index is 12.9. The Morgan fingerprint density at radius 1 is 1.15 bits per heavy atom. The van der Waals surface area contributed by atoms with Crippen molar-refractivity contribution in [1.29, 1.82) is 0 Å². The van der Waals surface area contributed by atoms with E-state index in [4.69, 9.17) is 9.84 Å². The quantitative estimate of drug-likeness (QED) is 0.429. The van der Waals surface area contributed by atoms with E-state index in [1.165, 1.54) is 52.5 Å². The lowest BCUT2D eigenvalue weighted by Crippen LogP contribution is -2.43. The summed E-state index contributed by atoms with van der Waals surface area (Å²) in [6.45, 7) is 5.20. The van der Waals surface area contributed by atoms with Gasteiger partial charge < -0.3 is 14.7 Å². The molecule has 0 atom stereocenters. The number of aromatic carboxylic acids is 1. The van der Waals surface area contributed by atoms with Crippen LogP contribution in [0.5, 0.6) is 5.75 Å². The molecule has 2 heterocycles. The Morgan fingerprint density at radius 2 is 1.85 bits per heavy atom. The number of sulfonamides is 1. The minimum Gasteiger partial charge on any atom is -0.495 e. The number of methoxy groups -OCH3 is 1. The van der Waals surface area contributed by atoms with Crippen molar-refractivity contribution in [2.75, 3.05) is 42.9 Å². The maximum Gasteiger partial charge on any atom is 0.335 e. The highest BCUT2D eigenvalue weighted by atomic mass is 32.2. The second-order valence-electron chi connectivity index (χ2n) is 7.61. The summed E-state index contributed by atoms with van der Waals surface area (Å²) < 4.78 is 35.7. The van der Waals surface area contributed by atoms with Crippen LogP contribution in [0.4, 0.5) is 10.8 Å². The van der Waals surface area contributed by atoms with Gasteiger partial charge in [0, 0.05) is 36.5 Å². The molecule has 0 amide bonds. The predicted molar refractivity (Wildman–Crippen MR) is 134 cm³/mol. The number of carboxylic acid groups (broad SMARTS) is 1. The number of nitrogens with one attached hydrogen (secondary N) is 1. The van der Waals surface area contributed by atoms with E-state index < -0.39 is 16.0 Å². The molecule has 1 aliphatic heterocycles. The van der Waals surface area contributed by atoms with Crippen molar-refractivity contribution in [2.45, 2.75) is 16.8 Å². The first-order valence-corrected chi connectivity index (χ1v) is 13.5. The van der Waals surface area contributed by atoms with Gasteiger partial charge in [0.15, 0.2) is 10.2 Å². The molecule has 1 aromatic heterocycles. The first-order valence-electron chi connectivity index (χ1n) is 10.4. The molecule has 2 N–H and O–H groups in total. The van der Waals surface area contributed by atoms with Crippen LogP contribution in [0.15, 0.2) is 57.8 Å². The molecular weight excluding hydrogens is 496 g/mol. The molecule has 34 heavy (non-hydrogen) atoms. The standard InChI is InChI=1S/C22H24N4O5S3/c1-15-3-6-17(7-4-15)33-26-11-9-25(10-12-26)22-23-20(14-32-22)34(29,30)24-18-8-5-16(21(27)28)13-19(18)31-2/h3-8,13-14,24H,9-12H2,1-2H3,(H,27,28). The van der Waals surface area contributed by atoms with E-state index in [9.17, 15) is 13.2 Å². The summed E-state index contributed by atoms with van der Waals surface area (Å²) in [5.41, 5.74) is 1.37. The number of benzene rings is 2. The molecule has 0 unspecified atom stereocenters. The summed E-state index contributed by atoms with van der Waals surface area (Å²) >= 11 is 3.00. The average molecular weight is 521 g/mol. The van der Waals surface area contributed by atoms with Gasteiger partial charge in [-0.3, -0.25) is 4.72 Å². The number of aromatic nitrogens is 1. The van der Waals surface area contributed by atoms with E-state index in [1.807, 2.05) is 0 Å². The van der Waals surface area contributed by atoms with Crippen molar-refractivity contribution in [3.63, 3.8) is 0 Å². The number of ether oxygens (including phenoxy) is 1. The molecule has 0 spiro atoms. The van der Waals surface area contributed by atoms with Gasteiger partial charge in [0.05, 0.1) is 18.4 Å². The number of carbonyl (C=O) groups is 1. The van der Waals surface area contributed by atoms with E-state index in [0.29, 0.717) is 5.13 Å². The molecule has 1 saturated heterocycles. The number of aryl methyl sites for hydroxylation is 1. The van der Waals surface area contributed by atoms with Crippen LogP contribution in [0.25, 0.3) is 0 Å². The van der Waals surface area contributed by atoms with Gasteiger partial charge in [0.25, 0.3) is 10.0 Å². The van der Waals surface area contributed by atoms with Gasteiger partial charge in [-0.2, -0.15) is 8.42 Å². The van der Waals surface area contributed by atoms with Gasteiger partial charge in [-0.25, -0.2) is 14.1 Å². The summed E-state index contributed by atoms with van der Waals surface area (Å²) in [6.07, 6.45) is 0. The zero-order valence-corrected chi connectivity index (χ0v) is 21.0. The van der Waals surface area contributed by atoms with E-state index in [0.717, 1.165) is 26.2 Å². The third-order valence-electron chi connectivity index (χ3n) is 5.20. The average Bonchev–Trinajstić information content (AvgIpc) is 3.32. The molecular formula is C22H24N4O5S3. The van der Waals surface area contributed by atoms with Gasteiger partial charge in [0.2, 0.25) is 0 Å². The lowest BCUT2D eigenvalue weighted by atomic mass is 10.2. The van der Waals surface area contributed by atoms with E-state index in [1.54, 1.807) is 11.9 Å². The van der Waals surface area contributed by atoms with E-state index in [2.05, 4.69) is 50.1 Å². The van der Waals surface area contributed by atoms with Crippen LogP contribution < -0.4 is 14.4 Å². The molecule has 0 bridgehead atoms. The molecule has 1 fully saturated rings. The number of hydrogen-bond donors (Lipinski definition) is 2. The number of carboxylic acids is 1. The fourth-order valence-electron chi connectivity index (χ4n) is 3.34. The molecule has 4 rings (SSSR count). The Labute approximate surface area is 206 Å². The normalized spacial score (nSPS) is 14.7. The Morgan fingerprint density at radius 3 is 2.50 bits per heavy atom. The monoisotopic (exact) mass is 520 g/mol. The lowest BCUT2D eigenvalue weighted by Gasteiger charge is -2.33. The molecule has 0 saturated carbocycles. The van der Waals surface area contributed by atoms with Gasteiger partial charge >= 0.3 is 5.97 Å². The third-order valence-corrected chi connectivity index (χ3v) is 8.61. The highest BCUT2D eigenvalue weighted by Gasteiger charge is 2.25. The summed E-state index contributed by atoms with van der Waals surface area (Å²) in [5, 5.41) is 11.2. The smallest absolute Gasteiger partial charge is 0.335 e. The van der Waals surface area contributed by atoms with Crippen molar-refractivity contribution < 1.29 is 23.1 Å². The number of rotatable bonds is 8. The van der Waals surface area contributed by atoms with Crippen LogP contribution in [0, 0.1) is 6.92 Å². The van der Waals surface area contributed by atoms with Crippen LogP contribution in [0.2, 0.25) is 0 Å². The highest BCUT2D eigenvalue weighted by molar-refractivity contribution is 7.97. The molecule has 0 radical (unpaired) electrons. The highest BCUT2D eigenvalue weighted by Crippen LogP contribution is 2.31. The molecule has 9 nitrogen and oxygen atoms in total. The number of anilines is 2. The van der Waals surface area contributed by atoms with Crippen LogP contribution in [0.1, 0.15) is 15.9 Å². The number of thiazole rings is 1. The number of piperazine rings is 1. The Hall–Kier alpha value is -2.80. The first kappa shape index (κ1) is 24.3. The van der Waals surface area contributed by atoms with E-state index in [-0.39, 0.29) is 22.0 Å². The third kappa shape index (κ3) is 5.63. The van der Waals surface area contributed by atoms with Crippen molar-refractivity contribution >= 4 is 50.1 Å². The topological polar surface area (TPSA) is 112 Å². The van der Waals surface area contributed by atoms with Crippen LogP contribution in [-0.2, 0) is 10.0 Å². The van der Waals surface area contributed by atoms with Gasteiger partial charge in [-0.05, 0) is 49.2 Å². The van der Waals surface area contributed by atoms with Crippen molar-refractivity contribution in [1.82, 2.24) is 9.29 Å². The second-order valence-corrected chi connectivity index (χ2v) is 11.3. The summed E-state index contributed by atoms with van der Waals surface area (Å²) in [7, 11) is -2.63. The minimum atomic E-state index is -3.97. The Bertz CT molecular complexity index is 1270. The van der Waals surface area contributed by atoms with Crippen LogP contribution in [-0.4, -0.2) is 62.1 Å². The number of nitrogens with zero attached hydrogens (tertiary/aromatic N) is 3.